The Morgan fingerprint density at radius 1 is 0.897 bits per heavy atom. The number of benzene rings is 3. The summed E-state index contributed by atoms with van der Waals surface area (Å²) in [5, 5.41) is 55.7. The summed E-state index contributed by atoms with van der Waals surface area (Å²) >= 11 is 0. The number of phenols is 4. The summed E-state index contributed by atoms with van der Waals surface area (Å²) in [5.41, 5.74) is -3.21. The van der Waals surface area contributed by atoms with Gasteiger partial charge >= 0.3 is 11.9 Å². The van der Waals surface area contributed by atoms with E-state index in [0.717, 1.165) is 24.3 Å². The van der Waals surface area contributed by atoms with Gasteiger partial charge in [0.05, 0.1) is 22.7 Å². The first-order valence-electron chi connectivity index (χ1n) is 11.6. The van der Waals surface area contributed by atoms with Crippen LogP contribution in [0.2, 0.25) is 0 Å². The fourth-order valence-corrected chi connectivity index (χ4v) is 4.28. The van der Waals surface area contributed by atoms with Crippen LogP contribution >= 0.6 is 0 Å². The Labute approximate surface area is 221 Å². The van der Waals surface area contributed by atoms with Crippen molar-refractivity contribution in [1.29, 1.82) is 0 Å². The largest absolute Gasteiger partial charge is 0.508 e. The molecule has 0 spiro atoms. The van der Waals surface area contributed by atoms with Crippen LogP contribution in [0, 0.1) is 0 Å². The van der Waals surface area contributed by atoms with Crippen LogP contribution in [0.1, 0.15) is 53.9 Å². The number of aromatic carboxylic acids is 1. The summed E-state index contributed by atoms with van der Waals surface area (Å²) in [6.45, 7) is 2.01. The van der Waals surface area contributed by atoms with Crippen molar-refractivity contribution < 1.29 is 49.4 Å². The predicted octanol–water partition coefficient (Wildman–Crippen LogP) is 1.76. The number of carbonyl (C=O) groups is 4. The van der Waals surface area contributed by atoms with E-state index in [0.29, 0.717) is 0 Å². The van der Waals surface area contributed by atoms with Crippen LogP contribution < -0.4 is 10.6 Å². The Kier molecular flexibility index (Phi) is 7.15. The van der Waals surface area contributed by atoms with Gasteiger partial charge in [0.1, 0.15) is 34.2 Å². The number of esters is 1. The van der Waals surface area contributed by atoms with Crippen molar-refractivity contribution in [3.05, 3.63) is 82.4 Å². The van der Waals surface area contributed by atoms with E-state index >= 15 is 0 Å². The van der Waals surface area contributed by atoms with Crippen LogP contribution in [-0.2, 0) is 4.74 Å². The number of carboxylic acid groups (broad SMARTS) is 1. The molecule has 0 aromatic heterocycles. The Balaban J connectivity index is 1.56. The molecule has 0 radical (unpaired) electrons. The van der Waals surface area contributed by atoms with E-state index in [4.69, 9.17) is 4.74 Å². The van der Waals surface area contributed by atoms with E-state index in [-0.39, 0.29) is 30.0 Å². The van der Waals surface area contributed by atoms with Crippen molar-refractivity contribution in [2.75, 3.05) is 13.1 Å². The Hall–Kier alpha value is -5.10. The predicted molar refractivity (Wildman–Crippen MR) is 134 cm³/mol. The average molecular weight is 536 g/mol. The molecule has 39 heavy (non-hydrogen) atoms. The summed E-state index contributed by atoms with van der Waals surface area (Å²) in [6, 6.07) is 10.0. The third-order valence-electron chi connectivity index (χ3n) is 6.38. The zero-order chi connectivity index (χ0) is 28.5. The van der Waals surface area contributed by atoms with Gasteiger partial charge in [0.2, 0.25) is 5.78 Å². The standard InChI is InChI=1S/C27H24N2O10/c1-27(12-28-11-20(27)29-24(35)13-5-7-15(30)8-6-13)39-26(38)14-9-18(32)22(19(33)10-14)23(34)21-16(25(36)37)3-2-4-17(21)31/h2-10,20,28,30-33H,11-12H2,1H3,(H,29,35)(H,36,37)/t20-,27-/m1/s1. The fourth-order valence-electron chi connectivity index (χ4n) is 4.28. The maximum absolute atomic E-state index is 13.0. The van der Waals surface area contributed by atoms with E-state index in [1.54, 1.807) is 6.92 Å². The lowest BCUT2D eigenvalue weighted by Gasteiger charge is -2.31. The molecule has 4 rings (SSSR count). The van der Waals surface area contributed by atoms with Crippen LogP contribution in [0.3, 0.4) is 0 Å². The minimum absolute atomic E-state index is 0.00466. The van der Waals surface area contributed by atoms with E-state index < -0.39 is 69.2 Å². The average Bonchev–Trinajstić information content (AvgIpc) is 3.22. The highest BCUT2D eigenvalue weighted by Crippen LogP contribution is 2.35. The second-order valence-corrected chi connectivity index (χ2v) is 9.13. The number of nitrogens with one attached hydrogen (secondary N) is 2. The molecule has 1 aliphatic rings. The van der Waals surface area contributed by atoms with Crippen LogP contribution in [-0.4, -0.2) is 73.9 Å². The van der Waals surface area contributed by atoms with Gasteiger partial charge in [-0.1, -0.05) is 6.07 Å². The van der Waals surface area contributed by atoms with Crippen molar-refractivity contribution in [2.45, 2.75) is 18.6 Å². The number of carbonyl (C=O) groups excluding carboxylic acids is 3. The maximum atomic E-state index is 13.0. The summed E-state index contributed by atoms with van der Waals surface area (Å²) in [4.78, 5) is 50.1. The molecule has 3 aromatic carbocycles. The maximum Gasteiger partial charge on any atom is 0.339 e. The highest BCUT2D eigenvalue weighted by Gasteiger charge is 2.44. The van der Waals surface area contributed by atoms with Crippen molar-refractivity contribution in [3.63, 3.8) is 0 Å². The number of amides is 1. The molecule has 0 saturated carbocycles. The highest BCUT2D eigenvalue weighted by atomic mass is 16.6. The number of carboxylic acids is 1. The van der Waals surface area contributed by atoms with Gasteiger partial charge in [-0.2, -0.15) is 0 Å². The van der Waals surface area contributed by atoms with Gasteiger partial charge in [0.15, 0.2) is 0 Å². The van der Waals surface area contributed by atoms with Gasteiger partial charge in [0.25, 0.3) is 5.91 Å². The highest BCUT2D eigenvalue weighted by molar-refractivity contribution is 6.18. The van der Waals surface area contributed by atoms with Crippen LogP contribution in [0.15, 0.2) is 54.6 Å². The van der Waals surface area contributed by atoms with E-state index in [2.05, 4.69) is 10.6 Å². The molecule has 0 unspecified atom stereocenters. The first kappa shape index (κ1) is 26.9. The normalized spacial score (nSPS) is 18.3. The number of phenolic OH excluding ortho intramolecular Hbond substituents is 4. The molecule has 1 fully saturated rings. The monoisotopic (exact) mass is 536 g/mol. The van der Waals surface area contributed by atoms with E-state index in [9.17, 15) is 44.7 Å². The molecule has 202 valence electrons. The number of hydrogen-bond acceptors (Lipinski definition) is 10. The van der Waals surface area contributed by atoms with Gasteiger partial charge in [-0.25, -0.2) is 9.59 Å². The van der Waals surface area contributed by atoms with E-state index in [1.165, 1.54) is 30.3 Å². The zero-order valence-electron chi connectivity index (χ0n) is 20.5. The fraction of sp³-hybridized carbons (Fsp3) is 0.185. The van der Waals surface area contributed by atoms with Crippen LogP contribution in [0.4, 0.5) is 0 Å². The number of ketones is 1. The zero-order valence-corrected chi connectivity index (χ0v) is 20.5. The number of aromatic hydroxyl groups is 4. The van der Waals surface area contributed by atoms with Gasteiger partial charge in [-0.3, -0.25) is 9.59 Å². The van der Waals surface area contributed by atoms with Crippen molar-refractivity contribution in [1.82, 2.24) is 10.6 Å². The minimum Gasteiger partial charge on any atom is -0.508 e. The smallest absolute Gasteiger partial charge is 0.339 e. The number of rotatable bonds is 7. The molecular weight excluding hydrogens is 512 g/mol. The quantitative estimate of drug-likeness (QED) is 0.171. The van der Waals surface area contributed by atoms with Crippen LogP contribution in [0.25, 0.3) is 0 Å². The molecule has 2 atom stereocenters. The Morgan fingerprint density at radius 3 is 2.15 bits per heavy atom. The Morgan fingerprint density at radius 2 is 1.54 bits per heavy atom. The molecule has 3 aromatic rings. The lowest BCUT2D eigenvalue weighted by molar-refractivity contribution is -0.0112. The molecular formula is C27H24N2O10. The second-order valence-electron chi connectivity index (χ2n) is 9.13. The van der Waals surface area contributed by atoms with Crippen molar-refractivity contribution in [2.24, 2.45) is 0 Å². The third kappa shape index (κ3) is 5.31. The molecule has 12 heteroatoms. The van der Waals surface area contributed by atoms with Gasteiger partial charge in [-0.05, 0) is 55.5 Å². The van der Waals surface area contributed by atoms with Gasteiger partial charge < -0.3 is 40.9 Å². The molecule has 1 aliphatic heterocycles. The van der Waals surface area contributed by atoms with E-state index in [1.807, 2.05) is 0 Å². The van der Waals surface area contributed by atoms with Crippen molar-refractivity contribution >= 4 is 23.6 Å². The number of hydrogen-bond donors (Lipinski definition) is 7. The summed E-state index contributed by atoms with van der Waals surface area (Å²) in [6.07, 6.45) is 0. The molecule has 7 N–H and O–H groups in total. The second kappa shape index (κ2) is 10.3. The topological polar surface area (TPSA) is 203 Å². The SMILES string of the molecule is C[C@@]1(OC(=O)c2cc(O)c(C(=O)c3c(O)cccc3C(=O)O)c(O)c2)CNC[C@H]1NC(=O)c1ccc(O)cc1. The first-order valence-corrected chi connectivity index (χ1v) is 11.6. The van der Waals surface area contributed by atoms with Gasteiger partial charge in [0, 0.05) is 18.7 Å². The number of ether oxygens (including phenoxy) is 1. The third-order valence-corrected chi connectivity index (χ3v) is 6.38. The molecule has 12 nitrogen and oxygen atoms in total. The molecule has 1 saturated heterocycles. The van der Waals surface area contributed by atoms with Crippen molar-refractivity contribution in [3.8, 4) is 23.0 Å². The molecule has 1 amide bonds. The summed E-state index contributed by atoms with van der Waals surface area (Å²) in [5.74, 6) is -6.52. The lowest BCUT2D eigenvalue weighted by Crippen LogP contribution is -2.52. The molecule has 0 bridgehead atoms. The molecule has 1 heterocycles. The summed E-state index contributed by atoms with van der Waals surface area (Å²) < 4.78 is 5.64. The molecule has 0 aliphatic carbocycles. The Bertz CT molecular complexity index is 1460. The van der Waals surface area contributed by atoms with Gasteiger partial charge in [-0.15, -0.1) is 0 Å². The summed E-state index contributed by atoms with van der Waals surface area (Å²) in [7, 11) is 0. The minimum atomic E-state index is -1.51. The lowest BCUT2D eigenvalue weighted by atomic mass is 9.95. The first-order chi connectivity index (χ1) is 18.4. The van der Waals surface area contributed by atoms with Crippen LogP contribution in [0.5, 0.6) is 23.0 Å².